The smallest absolute Gasteiger partial charge is 0.0252 e. The minimum atomic E-state index is -0.126. The molecule has 1 aliphatic heterocycles. The highest BCUT2D eigenvalue weighted by atomic mass is 15.2. The fraction of sp³-hybridized carbons (Fsp3) is 1.00. The van der Waals surface area contributed by atoms with Crippen LogP contribution in [0.3, 0.4) is 0 Å². The van der Waals surface area contributed by atoms with Gasteiger partial charge in [-0.05, 0) is 53.6 Å². The van der Waals surface area contributed by atoms with E-state index in [2.05, 4.69) is 37.9 Å². The summed E-state index contributed by atoms with van der Waals surface area (Å²) in [6.07, 6.45) is 4.12. The normalized spacial score (nSPS) is 20.1. The van der Waals surface area contributed by atoms with Crippen molar-refractivity contribution in [2.24, 2.45) is 5.73 Å². The summed E-state index contributed by atoms with van der Waals surface area (Å²) in [7, 11) is 0. The van der Waals surface area contributed by atoms with Gasteiger partial charge in [0.25, 0.3) is 0 Å². The molecule has 0 spiro atoms. The van der Waals surface area contributed by atoms with Crippen LogP contribution < -0.4 is 11.1 Å². The molecule has 0 amide bonds. The molecule has 0 aromatic carbocycles. The average molecular weight is 227 g/mol. The molecule has 0 saturated carbocycles. The third-order valence-electron chi connectivity index (χ3n) is 3.09. The summed E-state index contributed by atoms with van der Waals surface area (Å²) in [4.78, 5) is 2.57. The zero-order chi connectivity index (χ0) is 12.2. The fourth-order valence-electron chi connectivity index (χ4n) is 2.20. The van der Waals surface area contributed by atoms with Crippen LogP contribution in [0.25, 0.3) is 0 Å². The van der Waals surface area contributed by atoms with Gasteiger partial charge < -0.3 is 16.0 Å². The van der Waals surface area contributed by atoms with E-state index in [4.69, 9.17) is 5.73 Å². The lowest BCUT2D eigenvalue weighted by Gasteiger charge is -2.37. The van der Waals surface area contributed by atoms with Crippen LogP contribution in [0.5, 0.6) is 0 Å². The van der Waals surface area contributed by atoms with Crippen molar-refractivity contribution in [1.29, 1.82) is 0 Å². The molecule has 0 unspecified atom stereocenters. The number of likely N-dealkylation sites (tertiary alicyclic amines) is 1. The Labute approximate surface area is 101 Å². The number of hydrogen-bond donors (Lipinski definition) is 2. The zero-order valence-electron chi connectivity index (χ0n) is 11.5. The van der Waals surface area contributed by atoms with Crippen molar-refractivity contribution in [1.82, 2.24) is 10.2 Å². The van der Waals surface area contributed by atoms with Crippen LogP contribution in [0, 0.1) is 0 Å². The van der Waals surface area contributed by atoms with Gasteiger partial charge >= 0.3 is 0 Å². The molecule has 1 rings (SSSR count). The van der Waals surface area contributed by atoms with E-state index in [1.807, 2.05) is 0 Å². The van der Waals surface area contributed by atoms with Gasteiger partial charge in [-0.2, -0.15) is 0 Å². The van der Waals surface area contributed by atoms with Gasteiger partial charge in [0, 0.05) is 24.2 Å². The van der Waals surface area contributed by atoms with Crippen molar-refractivity contribution < 1.29 is 0 Å². The van der Waals surface area contributed by atoms with Gasteiger partial charge in [-0.15, -0.1) is 0 Å². The second-order valence-corrected chi connectivity index (χ2v) is 6.56. The van der Waals surface area contributed by atoms with E-state index in [0.717, 1.165) is 13.1 Å². The molecular weight excluding hydrogens is 198 g/mol. The monoisotopic (exact) mass is 227 g/mol. The SMILES string of the molecule is CC(C)(N)CNC(C)(C)CN1CCCCC1. The van der Waals surface area contributed by atoms with Crippen molar-refractivity contribution in [3.63, 3.8) is 0 Å². The molecule has 96 valence electrons. The highest BCUT2D eigenvalue weighted by Gasteiger charge is 2.24. The van der Waals surface area contributed by atoms with Gasteiger partial charge in [-0.3, -0.25) is 0 Å². The topological polar surface area (TPSA) is 41.3 Å². The van der Waals surface area contributed by atoms with Crippen LogP contribution in [0.1, 0.15) is 47.0 Å². The molecule has 0 aromatic heterocycles. The molecule has 1 aliphatic rings. The summed E-state index contributed by atoms with van der Waals surface area (Å²) in [5, 5.41) is 3.58. The minimum Gasteiger partial charge on any atom is -0.324 e. The Kier molecular flexibility index (Phi) is 4.77. The Morgan fingerprint density at radius 2 is 1.62 bits per heavy atom. The molecule has 0 atom stereocenters. The first-order chi connectivity index (χ1) is 7.29. The third kappa shape index (κ3) is 5.83. The summed E-state index contributed by atoms with van der Waals surface area (Å²) < 4.78 is 0. The van der Waals surface area contributed by atoms with E-state index in [9.17, 15) is 0 Å². The lowest BCUT2D eigenvalue weighted by atomic mass is 9.99. The van der Waals surface area contributed by atoms with Gasteiger partial charge in [-0.25, -0.2) is 0 Å². The number of nitrogens with one attached hydrogen (secondary N) is 1. The van der Waals surface area contributed by atoms with Crippen LogP contribution >= 0.6 is 0 Å². The molecule has 3 nitrogen and oxygen atoms in total. The minimum absolute atomic E-state index is 0.126. The Hall–Kier alpha value is -0.120. The standard InChI is InChI=1S/C13H29N3/c1-12(2,14)10-15-13(3,4)11-16-8-6-5-7-9-16/h15H,5-11,14H2,1-4H3. The van der Waals surface area contributed by atoms with E-state index in [1.165, 1.54) is 32.4 Å². The number of nitrogens with zero attached hydrogens (tertiary/aromatic N) is 1. The molecule has 0 bridgehead atoms. The average Bonchev–Trinajstić information content (AvgIpc) is 2.15. The summed E-state index contributed by atoms with van der Waals surface area (Å²) in [5.74, 6) is 0. The number of nitrogens with two attached hydrogens (primary N) is 1. The molecular formula is C13H29N3. The molecule has 16 heavy (non-hydrogen) atoms. The Morgan fingerprint density at radius 1 is 1.06 bits per heavy atom. The summed E-state index contributed by atoms with van der Waals surface area (Å²) in [5.41, 5.74) is 6.03. The highest BCUT2D eigenvalue weighted by Crippen LogP contribution is 2.13. The Balaban J connectivity index is 2.32. The van der Waals surface area contributed by atoms with Crippen LogP contribution in [0.2, 0.25) is 0 Å². The van der Waals surface area contributed by atoms with Crippen LogP contribution in [-0.4, -0.2) is 42.2 Å². The highest BCUT2D eigenvalue weighted by molar-refractivity contribution is 4.87. The maximum absolute atomic E-state index is 6.00. The fourth-order valence-corrected chi connectivity index (χ4v) is 2.20. The number of piperidine rings is 1. The van der Waals surface area contributed by atoms with Crippen molar-refractivity contribution >= 4 is 0 Å². The predicted octanol–water partition coefficient (Wildman–Crippen LogP) is 1.58. The maximum atomic E-state index is 6.00. The summed E-state index contributed by atoms with van der Waals surface area (Å²) in [6.45, 7) is 13.2. The van der Waals surface area contributed by atoms with E-state index in [-0.39, 0.29) is 11.1 Å². The van der Waals surface area contributed by atoms with E-state index < -0.39 is 0 Å². The van der Waals surface area contributed by atoms with Crippen molar-refractivity contribution in [2.75, 3.05) is 26.2 Å². The largest absolute Gasteiger partial charge is 0.324 e. The van der Waals surface area contributed by atoms with Crippen molar-refractivity contribution in [3.05, 3.63) is 0 Å². The molecule has 0 aromatic rings. The third-order valence-corrected chi connectivity index (χ3v) is 3.09. The summed E-state index contributed by atoms with van der Waals surface area (Å²) in [6, 6.07) is 0. The Bertz CT molecular complexity index is 200. The van der Waals surface area contributed by atoms with Crippen molar-refractivity contribution in [2.45, 2.75) is 58.0 Å². The second-order valence-electron chi connectivity index (χ2n) is 6.56. The first kappa shape index (κ1) is 13.9. The Morgan fingerprint density at radius 3 is 2.12 bits per heavy atom. The van der Waals surface area contributed by atoms with E-state index in [0.29, 0.717) is 0 Å². The lowest BCUT2D eigenvalue weighted by Crippen LogP contribution is -2.55. The molecule has 3 N–H and O–H groups in total. The van der Waals surface area contributed by atoms with E-state index >= 15 is 0 Å². The molecule has 1 fully saturated rings. The molecule has 0 radical (unpaired) electrons. The first-order valence-corrected chi connectivity index (χ1v) is 6.55. The van der Waals surface area contributed by atoms with Gasteiger partial charge in [0.1, 0.15) is 0 Å². The van der Waals surface area contributed by atoms with Crippen molar-refractivity contribution in [3.8, 4) is 0 Å². The summed E-state index contributed by atoms with van der Waals surface area (Å²) >= 11 is 0. The van der Waals surface area contributed by atoms with Crippen LogP contribution in [0.4, 0.5) is 0 Å². The van der Waals surface area contributed by atoms with Gasteiger partial charge in [0.15, 0.2) is 0 Å². The molecule has 0 aliphatic carbocycles. The second kappa shape index (κ2) is 5.48. The van der Waals surface area contributed by atoms with Crippen LogP contribution in [-0.2, 0) is 0 Å². The maximum Gasteiger partial charge on any atom is 0.0252 e. The molecule has 1 saturated heterocycles. The predicted molar refractivity (Wildman–Crippen MR) is 70.6 cm³/mol. The lowest BCUT2D eigenvalue weighted by molar-refractivity contribution is 0.168. The van der Waals surface area contributed by atoms with Crippen LogP contribution in [0.15, 0.2) is 0 Å². The van der Waals surface area contributed by atoms with Gasteiger partial charge in [0.2, 0.25) is 0 Å². The molecule has 3 heteroatoms. The quantitative estimate of drug-likeness (QED) is 0.749. The number of hydrogen-bond acceptors (Lipinski definition) is 3. The molecule has 1 heterocycles. The first-order valence-electron chi connectivity index (χ1n) is 6.55. The van der Waals surface area contributed by atoms with E-state index in [1.54, 1.807) is 0 Å². The number of rotatable bonds is 5. The zero-order valence-corrected chi connectivity index (χ0v) is 11.5. The van der Waals surface area contributed by atoms with Gasteiger partial charge in [0.05, 0.1) is 0 Å². The van der Waals surface area contributed by atoms with Gasteiger partial charge in [-0.1, -0.05) is 6.42 Å².